The lowest BCUT2D eigenvalue weighted by Crippen LogP contribution is -2.38. The summed E-state index contributed by atoms with van der Waals surface area (Å²) >= 11 is 0. The van der Waals surface area contributed by atoms with Crippen molar-refractivity contribution in [3.05, 3.63) is 24.3 Å². The molecule has 1 N–H and O–H groups in total. The second-order valence-corrected chi connectivity index (χ2v) is 7.67. The second kappa shape index (κ2) is 7.42. The fourth-order valence-corrected chi connectivity index (χ4v) is 4.52. The Balaban J connectivity index is 2.11. The molecular formula is C16H25N3O3S. The minimum Gasteiger partial charge on any atom is -0.326 e. The number of rotatable bonds is 6. The van der Waals surface area contributed by atoms with Crippen molar-refractivity contribution in [3.8, 4) is 0 Å². The highest BCUT2D eigenvalue weighted by Crippen LogP contribution is 2.24. The summed E-state index contributed by atoms with van der Waals surface area (Å²) < 4.78 is 27.0. The minimum absolute atomic E-state index is 0.179. The van der Waals surface area contributed by atoms with Gasteiger partial charge in [0.05, 0.1) is 4.90 Å². The van der Waals surface area contributed by atoms with Crippen LogP contribution in [0.1, 0.15) is 27.2 Å². The average Bonchev–Trinajstić information content (AvgIpc) is 2.99. The molecule has 1 fully saturated rings. The molecule has 6 nitrogen and oxygen atoms in total. The van der Waals surface area contributed by atoms with Crippen LogP contribution >= 0.6 is 0 Å². The van der Waals surface area contributed by atoms with Crippen LogP contribution in [0.3, 0.4) is 0 Å². The van der Waals surface area contributed by atoms with Crippen LogP contribution in [0, 0.1) is 0 Å². The van der Waals surface area contributed by atoms with Crippen LogP contribution in [0.5, 0.6) is 0 Å². The maximum absolute atomic E-state index is 12.7. The first-order valence-corrected chi connectivity index (χ1v) is 9.44. The highest BCUT2D eigenvalue weighted by molar-refractivity contribution is 7.89. The summed E-state index contributed by atoms with van der Waals surface area (Å²) in [6.45, 7) is 8.57. The van der Waals surface area contributed by atoms with Crippen LogP contribution in [0.25, 0.3) is 0 Å². The average molecular weight is 339 g/mol. The topological polar surface area (TPSA) is 69.7 Å². The number of sulfonamides is 1. The number of hydrogen-bond acceptors (Lipinski definition) is 4. The van der Waals surface area contributed by atoms with Gasteiger partial charge in [0, 0.05) is 31.7 Å². The van der Waals surface area contributed by atoms with E-state index in [0.717, 1.165) is 19.5 Å². The Bertz CT molecular complexity index is 639. The highest BCUT2D eigenvalue weighted by atomic mass is 32.2. The molecule has 0 bridgehead atoms. The lowest BCUT2D eigenvalue weighted by molar-refractivity contribution is -0.114. The van der Waals surface area contributed by atoms with E-state index in [2.05, 4.69) is 24.1 Å². The molecule has 0 aliphatic carbocycles. The number of amides is 1. The van der Waals surface area contributed by atoms with Crippen molar-refractivity contribution in [1.82, 2.24) is 9.21 Å². The van der Waals surface area contributed by atoms with Gasteiger partial charge in [-0.15, -0.1) is 0 Å². The fraction of sp³-hybridized carbons (Fsp3) is 0.562. The molecule has 7 heteroatoms. The van der Waals surface area contributed by atoms with Gasteiger partial charge in [-0.2, -0.15) is 4.31 Å². The zero-order valence-electron chi connectivity index (χ0n) is 13.9. The number of carbonyl (C=O) groups excluding carboxylic acids is 1. The van der Waals surface area contributed by atoms with Crippen molar-refractivity contribution >= 4 is 21.6 Å². The van der Waals surface area contributed by atoms with Crippen LogP contribution in [-0.4, -0.2) is 55.8 Å². The lowest BCUT2D eigenvalue weighted by Gasteiger charge is -2.26. The highest BCUT2D eigenvalue weighted by Gasteiger charge is 2.34. The first kappa shape index (κ1) is 17.9. The number of nitrogens with one attached hydrogen (secondary N) is 1. The number of carbonyl (C=O) groups is 1. The third-order valence-electron chi connectivity index (χ3n) is 4.27. The monoisotopic (exact) mass is 339 g/mol. The molecule has 128 valence electrons. The molecule has 2 rings (SSSR count). The Morgan fingerprint density at radius 3 is 2.39 bits per heavy atom. The third-order valence-corrected chi connectivity index (χ3v) is 6.15. The van der Waals surface area contributed by atoms with Gasteiger partial charge in [0.15, 0.2) is 0 Å². The van der Waals surface area contributed by atoms with Crippen molar-refractivity contribution in [1.29, 1.82) is 0 Å². The largest absolute Gasteiger partial charge is 0.326 e. The number of nitrogens with zero attached hydrogens (tertiary/aromatic N) is 2. The van der Waals surface area contributed by atoms with Gasteiger partial charge in [0.2, 0.25) is 15.9 Å². The van der Waals surface area contributed by atoms with Gasteiger partial charge in [-0.3, -0.25) is 9.69 Å². The molecule has 1 saturated heterocycles. The maximum atomic E-state index is 12.7. The molecule has 1 aromatic rings. The van der Waals surface area contributed by atoms with Gasteiger partial charge in [-0.05, 0) is 43.8 Å². The van der Waals surface area contributed by atoms with Crippen LogP contribution in [0.15, 0.2) is 29.2 Å². The Hall–Kier alpha value is -1.44. The molecule has 1 aromatic carbocycles. The van der Waals surface area contributed by atoms with E-state index in [-0.39, 0.29) is 10.8 Å². The molecule has 1 amide bonds. The second-order valence-electron chi connectivity index (χ2n) is 5.73. The zero-order chi connectivity index (χ0) is 17.0. The van der Waals surface area contributed by atoms with E-state index in [9.17, 15) is 13.2 Å². The van der Waals surface area contributed by atoms with E-state index in [1.54, 1.807) is 28.6 Å². The number of anilines is 1. The quantitative estimate of drug-likeness (QED) is 0.857. The summed E-state index contributed by atoms with van der Waals surface area (Å²) in [6, 6.07) is 6.62. The van der Waals surface area contributed by atoms with Gasteiger partial charge < -0.3 is 5.32 Å². The summed E-state index contributed by atoms with van der Waals surface area (Å²) in [5, 5.41) is 2.64. The molecular weight excluding hydrogens is 314 g/mol. The number of likely N-dealkylation sites (N-methyl/N-ethyl adjacent to an activating group) is 1. The standard InChI is InChI=1S/C16H25N3O3S/c1-4-18(5-2)15-10-11-19(12-15)23(21,22)16-8-6-14(7-9-16)17-13(3)20/h6-9,15H,4-5,10-12H2,1-3H3,(H,17,20). The molecule has 1 aliphatic heterocycles. The van der Waals surface area contributed by atoms with Crippen molar-refractivity contribution < 1.29 is 13.2 Å². The van der Waals surface area contributed by atoms with Gasteiger partial charge in [0.1, 0.15) is 0 Å². The van der Waals surface area contributed by atoms with Crippen molar-refractivity contribution in [2.24, 2.45) is 0 Å². The smallest absolute Gasteiger partial charge is 0.243 e. The van der Waals surface area contributed by atoms with Gasteiger partial charge in [-0.1, -0.05) is 13.8 Å². The number of benzene rings is 1. The van der Waals surface area contributed by atoms with Crippen molar-refractivity contribution in [2.75, 3.05) is 31.5 Å². The molecule has 1 aliphatic rings. The van der Waals surface area contributed by atoms with Crippen LogP contribution in [0.4, 0.5) is 5.69 Å². The first-order valence-electron chi connectivity index (χ1n) is 8.00. The summed E-state index contributed by atoms with van der Waals surface area (Å²) in [6.07, 6.45) is 0.866. The fourth-order valence-electron chi connectivity index (χ4n) is 3.03. The number of hydrogen-bond donors (Lipinski definition) is 1. The van der Waals surface area contributed by atoms with E-state index in [1.807, 2.05) is 0 Å². The van der Waals surface area contributed by atoms with Crippen LogP contribution < -0.4 is 5.32 Å². The first-order chi connectivity index (χ1) is 10.9. The normalized spacial score (nSPS) is 19.2. The molecule has 0 aromatic heterocycles. The van der Waals surface area contributed by atoms with Gasteiger partial charge >= 0.3 is 0 Å². The Morgan fingerprint density at radius 1 is 1.26 bits per heavy atom. The Kier molecular flexibility index (Phi) is 5.78. The third kappa shape index (κ3) is 4.10. The molecule has 0 spiro atoms. The van der Waals surface area contributed by atoms with Crippen molar-refractivity contribution in [2.45, 2.75) is 38.1 Å². The Morgan fingerprint density at radius 2 is 1.87 bits per heavy atom. The van der Waals surface area contributed by atoms with Crippen LogP contribution in [-0.2, 0) is 14.8 Å². The van der Waals surface area contributed by atoms with Gasteiger partial charge in [0.25, 0.3) is 0 Å². The van der Waals surface area contributed by atoms with E-state index >= 15 is 0 Å². The molecule has 1 heterocycles. The van der Waals surface area contributed by atoms with Gasteiger partial charge in [-0.25, -0.2) is 8.42 Å². The predicted molar refractivity (Wildman–Crippen MR) is 90.8 cm³/mol. The SMILES string of the molecule is CCN(CC)C1CCN(S(=O)(=O)c2ccc(NC(C)=O)cc2)C1. The van der Waals surface area contributed by atoms with Crippen molar-refractivity contribution in [3.63, 3.8) is 0 Å². The summed E-state index contributed by atoms with van der Waals surface area (Å²) in [4.78, 5) is 13.6. The molecule has 0 saturated carbocycles. The van der Waals surface area contributed by atoms with Crippen LogP contribution in [0.2, 0.25) is 0 Å². The summed E-state index contributed by atoms with van der Waals surface area (Å²) in [7, 11) is -3.47. The van der Waals surface area contributed by atoms with E-state index in [4.69, 9.17) is 0 Å². The molecule has 1 atom stereocenters. The summed E-state index contributed by atoms with van der Waals surface area (Å²) in [5.74, 6) is -0.179. The van der Waals surface area contributed by atoms with E-state index < -0.39 is 10.0 Å². The molecule has 1 unspecified atom stereocenters. The van der Waals surface area contributed by atoms with E-state index in [1.165, 1.54) is 6.92 Å². The molecule has 23 heavy (non-hydrogen) atoms. The van der Waals surface area contributed by atoms with E-state index in [0.29, 0.717) is 24.8 Å². The Labute approximate surface area is 138 Å². The molecule has 0 radical (unpaired) electrons. The maximum Gasteiger partial charge on any atom is 0.243 e. The minimum atomic E-state index is -3.47. The zero-order valence-corrected chi connectivity index (χ0v) is 14.8. The lowest BCUT2D eigenvalue weighted by atomic mass is 10.2. The summed E-state index contributed by atoms with van der Waals surface area (Å²) in [5.41, 5.74) is 0.596. The predicted octanol–water partition coefficient (Wildman–Crippen LogP) is 1.75.